The Labute approximate surface area is 453 Å². The van der Waals surface area contributed by atoms with Gasteiger partial charge in [-0.05, 0) is 69.8 Å². The highest BCUT2D eigenvalue weighted by Crippen LogP contribution is 2.38. The number of ketones is 2. The standard InChI is InChI=1S/C27H34BN3O7.C22H29BN2O5.C5H9NO4/c1-17(2)13-24(28-31(4,15-25(34)37-28)16-26(35)38-28)30-27(36)20(18(3)32)14-23(33)22-12-8-11-21(29-22)19-9-6-5-7-10-19;1-14(2)12-21(23(29)30)25-22(28)17(15(3)26)13-20(27)19-11-7-10-18(24-19)16-8-5-4-6-9-16;1-6(2-4(7)8)3-5(9)10/h5-12,17-18,20,24,32H,13-16H2,1-4H3,(H,30,36);4-11,14-15,17,21,26,29-30H,12-13H2,1-3H3,(H,25,28);2-3H2,1H3,(H,7,8)(H,9,10)/t18-,20+,24+,28?,31?;15-,17+,21+;/m11./s1. The molecule has 6 rings (SSSR count). The Morgan fingerprint density at radius 2 is 1.03 bits per heavy atom. The van der Waals surface area contributed by atoms with Gasteiger partial charge < -0.3 is 54.8 Å². The number of aliphatic hydroxyl groups excluding tert-OH is 2. The zero-order valence-corrected chi connectivity index (χ0v) is 45.2. The van der Waals surface area contributed by atoms with E-state index in [1.807, 2.05) is 88.4 Å². The lowest BCUT2D eigenvalue weighted by Crippen LogP contribution is -2.71. The van der Waals surface area contributed by atoms with Crippen LogP contribution in [0, 0.1) is 23.7 Å². The van der Waals surface area contributed by atoms with Crippen molar-refractivity contribution in [1.29, 1.82) is 0 Å². The first-order chi connectivity index (χ1) is 36.6. The number of nitrogens with one attached hydrogen (secondary N) is 2. The highest BCUT2D eigenvalue weighted by Gasteiger charge is 2.69. The van der Waals surface area contributed by atoms with Gasteiger partial charge in [-0.1, -0.05) is 100 Å². The molecule has 0 bridgehead atoms. The Morgan fingerprint density at radius 1 is 0.628 bits per heavy atom. The Hall–Kier alpha value is -7.21. The minimum atomic E-state index is -2.56. The minimum absolute atomic E-state index is 0.0437. The largest absolute Gasteiger partial charge is 0.605 e. The Bertz CT molecular complexity index is 2680. The van der Waals surface area contributed by atoms with Gasteiger partial charge in [0.25, 0.3) is 0 Å². The fraction of sp³-hybridized carbons (Fsp3) is 0.444. The molecule has 2 aliphatic heterocycles. The molecule has 2 aliphatic rings. The van der Waals surface area contributed by atoms with Crippen molar-refractivity contribution in [3.63, 3.8) is 0 Å². The predicted molar refractivity (Wildman–Crippen MR) is 287 cm³/mol. The Balaban J connectivity index is 0.000000292. The summed E-state index contributed by atoms with van der Waals surface area (Å²) in [4.78, 5) is 107. The van der Waals surface area contributed by atoms with Gasteiger partial charge in [-0.25, -0.2) is 9.97 Å². The number of Topliss-reactive ketones (excluding diaryl/α,β-unsaturated/α-hetero) is 2. The van der Waals surface area contributed by atoms with Gasteiger partial charge in [0, 0.05) is 31.0 Å². The number of rotatable bonds is 24. The molecule has 24 heteroatoms. The quantitative estimate of drug-likeness (QED) is 0.0369. The van der Waals surface area contributed by atoms with E-state index in [-0.39, 0.29) is 72.4 Å². The number of quaternary nitrogens is 1. The van der Waals surface area contributed by atoms with Crippen LogP contribution in [0.1, 0.15) is 88.2 Å². The lowest BCUT2D eigenvalue weighted by atomic mass is 9.57. The number of aliphatic hydroxyl groups is 2. The van der Waals surface area contributed by atoms with Crippen LogP contribution in [-0.4, -0.2) is 175 Å². The van der Waals surface area contributed by atoms with E-state index in [1.165, 1.54) is 25.8 Å². The molecule has 420 valence electrons. The second-order valence-corrected chi connectivity index (χ2v) is 20.9. The molecule has 2 saturated heterocycles. The van der Waals surface area contributed by atoms with E-state index in [4.69, 9.17) is 19.5 Å². The number of nitrogens with zero attached hydrogens (tertiary/aromatic N) is 4. The molecule has 0 unspecified atom stereocenters. The zero-order chi connectivity index (χ0) is 58.1. The maximum atomic E-state index is 13.5. The predicted octanol–water partition coefficient (Wildman–Crippen LogP) is 2.84. The van der Waals surface area contributed by atoms with Crippen molar-refractivity contribution in [3.8, 4) is 22.5 Å². The molecule has 0 spiro atoms. The fourth-order valence-electron chi connectivity index (χ4n) is 9.23. The summed E-state index contributed by atoms with van der Waals surface area (Å²) in [5.41, 5.74) is 3.37. The van der Waals surface area contributed by atoms with Crippen molar-refractivity contribution < 1.29 is 82.5 Å². The number of carboxylic acid groups (broad SMARTS) is 2. The van der Waals surface area contributed by atoms with Crippen molar-refractivity contribution in [3.05, 3.63) is 108 Å². The summed E-state index contributed by atoms with van der Waals surface area (Å²) in [6.07, 6.45) is -2.06. The number of carbonyl (C=O) groups excluding carboxylic acids is 6. The second-order valence-electron chi connectivity index (χ2n) is 20.9. The monoisotopic (exact) mass is 1080 g/mol. The van der Waals surface area contributed by atoms with Crippen LogP contribution in [0.3, 0.4) is 0 Å². The lowest BCUT2D eigenvalue weighted by Gasteiger charge is -2.45. The summed E-state index contributed by atoms with van der Waals surface area (Å²) in [7, 11) is 1.41. The molecule has 0 radical (unpaired) electrons. The first-order valence-electron chi connectivity index (χ1n) is 25.6. The van der Waals surface area contributed by atoms with Crippen LogP contribution in [0.4, 0.5) is 0 Å². The molecule has 22 nitrogen and oxygen atoms in total. The Morgan fingerprint density at radius 3 is 1.38 bits per heavy atom. The topological polar surface area (TPSA) is 329 Å². The van der Waals surface area contributed by atoms with Crippen LogP contribution in [0.25, 0.3) is 22.5 Å². The van der Waals surface area contributed by atoms with Crippen molar-refractivity contribution >= 4 is 61.1 Å². The number of benzene rings is 2. The number of aromatic nitrogens is 2. The van der Waals surface area contributed by atoms with Crippen LogP contribution in [0.5, 0.6) is 0 Å². The van der Waals surface area contributed by atoms with Gasteiger partial charge in [0.1, 0.15) is 24.5 Å². The van der Waals surface area contributed by atoms with Crippen LogP contribution in [-0.2, 0) is 38.1 Å². The number of fused-ring (bicyclic) bond motifs is 1. The number of carbonyl (C=O) groups is 8. The first-order valence-corrected chi connectivity index (χ1v) is 25.6. The van der Waals surface area contributed by atoms with Crippen molar-refractivity contribution in [2.24, 2.45) is 23.7 Å². The van der Waals surface area contributed by atoms with Crippen LogP contribution in [0.2, 0.25) is 0 Å². The Kier molecular flexibility index (Phi) is 23.5. The van der Waals surface area contributed by atoms with Gasteiger partial charge >= 0.3 is 37.7 Å². The number of hydrogen-bond donors (Lipinski definition) is 8. The second kappa shape index (κ2) is 29.0. The molecule has 2 aromatic carbocycles. The van der Waals surface area contributed by atoms with Gasteiger partial charge in [-0.2, -0.15) is 0 Å². The molecule has 6 atom stereocenters. The number of amides is 2. The fourth-order valence-corrected chi connectivity index (χ4v) is 9.23. The summed E-state index contributed by atoms with van der Waals surface area (Å²) in [6.45, 7) is 7.39. The average molecular weight is 1080 g/mol. The maximum Gasteiger partial charge on any atom is 0.605 e. The lowest BCUT2D eigenvalue weighted by molar-refractivity contribution is -0.794. The van der Waals surface area contributed by atoms with E-state index in [0.717, 1.165) is 11.1 Å². The summed E-state index contributed by atoms with van der Waals surface area (Å²) in [5, 5.41) is 61.4. The zero-order valence-electron chi connectivity index (χ0n) is 45.2. The number of hydrogen-bond acceptors (Lipinski definition) is 17. The maximum absolute atomic E-state index is 13.5. The van der Waals surface area contributed by atoms with Crippen molar-refractivity contribution in [1.82, 2.24) is 25.5 Å². The number of carboxylic acids is 2. The molecule has 8 N–H and O–H groups in total. The molecule has 2 aromatic heterocycles. The molecular weight excluding hydrogens is 1010 g/mol. The molecular formula is C54H72B2N6O16. The molecule has 2 fully saturated rings. The highest BCUT2D eigenvalue weighted by molar-refractivity contribution is 6.67. The summed E-state index contributed by atoms with van der Waals surface area (Å²) in [5.74, 6) is -8.68. The SMILES string of the molecule is CC(C)C[C@H](NC(=O)[C@@H](CC(=O)c1cccc(-c2ccccc2)n1)[C@@H](C)O)B(O)O.CC(C)C[C@H](NC(=O)[C@@H](CC(=O)c1cccc(-c2ccccc2)n1)[C@@H](C)O)[B-]12OC(=O)C[N+]1(C)CC(=O)O2.CN(CC(=O)O)CC(=O)O. The minimum Gasteiger partial charge on any atom is -0.599 e. The third kappa shape index (κ3) is 18.2. The summed E-state index contributed by atoms with van der Waals surface area (Å²) in [6, 6.07) is 29.0. The summed E-state index contributed by atoms with van der Waals surface area (Å²) < 4.78 is 11.2. The van der Waals surface area contributed by atoms with Crippen LogP contribution in [0.15, 0.2) is 97.1 Å². The average Bonchev–Trinajstić information content (AvgIpc) is 3.89. The van der Waals surface area contributed by atoms with Gasteiger partial charge in [0.05, 0.1) is 60.4 Å². The van der Waals surface area contributed by atoms with E-state index in [1.54, 1.807) is 43.4 Å². The normalized spacial score (nSPS) is 18.8. The van der Waals surface area contributed by atoms with E-state index in [9.17, 15) is 58.6 Å². The van der Waals surface area contributed by atoms with Crippen molar-refractivity contribution in [2.75, 3.05) is 40.3 Å². The van der Waals surface area contributed by atoms with Gasteiger partial charge in [0.15, 0.2) is 11.6 Å². The van der Waals surface area contributed by atoms with Crippen LogP contribution >= 0.6 is 0 Å². The molecule has 0 saturated carbocycles. The number of aliphatic carboxylic acids is 2. The molecule has 78 heavy (non-hydrogen) atoms. The van der Waals surface area contributed by atoms with Gasteiger partial charge in [-0.3, -0.25) is 43.3 Å². The number of pyridine rings is 2. The number of likely N-dealkylation sites (N-methyl/N-ethyl adjacent to an activating group) is 2. The third-order valence-electron chi connectivity index (χ3n) is 13.1. The molecule has 4 heterocycles. The molecule has 4 aromatic rings. The first kappa shape index (κ1) is 63.3. The van der Waals surface area contributed by atoms with E-state index in [2.05, 4.69) is 20.6 Å². The third-order valence-corrected chi connectivity index (χ3v) is 13.1. The molecule has 2 amide bonds. The van der Waals surface area contributed by atoms with E-state index < -0.39 is 91.2 Å². The molecule has 0 aliphatic carbocycles. The smallest absolute Gasteiger partial charge is 0.599 e. The highest BCUT2D eigenvalue weighted by atomic mass is 16.7. The van der Waals surface area contributed by atoms with Crippen molar-refractivity contribution in [2.45, 2.75) is 91.3 Å². The van der Waals surface area contributed by atoms with Crippen LogP contribution < -0.4 is 10.6 Å². The van der Waals surface area contributed by atoms with Gasteiger partial charge in [0.2, 0.25) is 11.8 Å². The van der Waals surface area contributed by atoms with E-state index in [0.29, 0.717) is 24.2 Å². The van der Waals surface area contributed by atoms with Gasteiger partial charge in [-0.15, -0.1) is 0 Å². The van der Waals surface area contributed by atoms with E-state index >= 15 is 0 Å². The summed E-state index contributed by atoms with van der Waals surface area (Å²) >= 11 is 0.